The predicted molar refractivity (Wildman–Crippen MR) is 39.2 cm³/mol. The van der Waals surface area contributed by atoms with Gasteiger partial charge in [-0.3, -0.25) is 9.59 Å². The molecule has 0 amide bonds. The van der Waals surface area contributed by atoms with Crippen LogP contribution in [0.5, 0.6) is 0 Å². The highest BCUT2D eigenvalue weighted by Gasteiger charge is 2.27. The summed E-state index contributed by atoms with van der Waals surface area (Å²) in [6.45, 7) is 0. The zero-order valence-corrected chi connectivity index (χ0v) is 6.38. The first-order chi connectivity index (χ1) is 5.20. The summed E-state index contributed by atoms with van der Waals surface area (Å²) in [4.78, 5) is 20.8. The van der Waals surface area contributed by atoms with E-state index in [4.69, 9.17) is 5.11 Å². The van der Waals surface area contributed by atoms with Gasteiger partial charge in [0.1, 0.15) is 5.78 Å². The summed E-state index contributed by atoms with van der Waals surface area (Å²) in [6.07, 6.45) is 3.29. The summed E-state index contributed by atoms with van der Waals surface area (Å²) >= 11 is 0. The van der Waals surface area contributed by atoms with Crippen LogP contribution < -0.4 is 0 Å². The van der Waals surface area contributed by atoms with Crippen LogP contribution in [0.25, 0.3) is 0 Å². The molecule has 11 heavy (non-hydrogen) atoms. The number of hydrogen-bond donors (Lipinski definition) is 1. The van der Waals surface area contributed by atoms with Gasteiger partial charge in [0.25, 0.3) is 0 Å². The van der Waals surface area contributed by atoms with Crippen LogP contribution in [-0.2, 0) is 9.59 Å². The fourth-order valence-corrected chi connectivity index (χ4v) is 1.27. The number of carboxylic acids is 1. The molecule has 1 aliphatic carbocycles. The van der Waals surface area contributed by atoms with Crippen LogP contribution in [0.1, 0.15) is 32.1 Å². The fraction of sp³-hybridized carbons (Fsp3) is 0.750. The van der Waals surface area contributed by atoms with Gasteiger partial charge < -0.3 is 5.11 Å². The molecule has 0 saturated heterocycles. The van der Waals surface area contributed by atoms with Crippen molar-refractivity contribution in [1.29, 1.82) is 0 Å². The molecule has 0 radical (unpaired) electrons. The van der Waals surface area contributed by atoms with Gasteiger partial charge in [-0.1, -0.05) is 0 Å². The molecular formula is C8H12O3. The summed E-state index contributed by atoms with van der Waals surface area (Å²) in [5.41, 5.74) is 0. The van der Waals surface area contributed by atoms with E-state index in [-0.39, 0.29) is 12.3 Å². The zero-order chi connectivity index (χ0) is 8.27. The predicted octanol–water partition coefficient (Wildman–Crippen LogP) is 1.22. The van der Waals surface area contributed by atoms with Crippen molar-refractivity contribution >= 4 is 11.8 Å². The third-order valence-electron chi connectivity index (χ3n) is 2.14. The lowest BCUT2D eigenvalue weighted by Gasteiger charge is -2.22. The molecule has 0 aromatic rings. The summed E-state index contributed by atoms with van der Waals surface area (Å²) in [7, 11) is 0. The molecule has 1 N–H and O–H groups in total. The summed E-state index contributed by atoms with van der Waals surface area (Å²) in [5, 5.41) is 8.30. The zero-order valence-electron chi connectivity index (χ0n) is 6.38. The normalized spacial score (nSPS) is 22.9. The minimum Gasteiger partial charge on any atom is -0.481 e. The second-order valence-electron chi connectivity index (χ2n) is 2.99. The first-order valence-corrected chi connectivity index (χ1v) is 3.94. The molecule has 0 aliphatic heterocycles. The molecule has 1 unspecified atom stereocenters. The Labute approximate surface area is 65.4 Å². The van der Waals surface area contributed by atoms with E-state index in [1.165, 1.54) is 0 Å². The Balaban J connectivity index is 2.03. The number of carbonyl (C=O) groups excluding carboxylic acids is 1. The Morgan fingerprint density at radius 3 is 2.73 bits per heavy atom. The Bertz CT molecular complexity index is 174. The summed E-state index contributed by atoms with van der Waals surface area (Å²) in [6, 6.07) is 0. The van der Waals surface area contributed by atoms with Crippen molar-refractivity contribution in [3.8, 4) is 0 Å². The van der Waals surface area contributed by atoms with E-state index in [1.54, 1.807) is 0 Å². The molecule has 1 atom stereocenters. The molecule has 0 heterocycles. The van der Waals surface area contributed by atoms with E-state index in [0.717, 1.165) is 12.8 Å². The van der Waals surface area contributed by atoms with Gasteiger partial charge in [0.2, 0.25) is 0 Å². The monoisotopic (exact) mass is 156 g/mol. The maximum atomic E-state index is 10.8. The molecule has 0 spiro atoms. The van der Waals surface area contributed by atoms with Gasteiger partial charge in [-0.15, -0.1) is 0 Å². The maximum Gasteiger partial charge on any atom is 0.303 e. The molecule has 0 bridgehead atoms. The molecule has 1 rings (SSSR count). The number of rotatable bonds is 4. The van der Waals surface area contributed by atoms with E-state index in [9.17, 15) is 9.59 Å². The fourth-order valence-electron chi connectivity index (χ4n) is 1.27. The Morgan fingerprint density at radius 1 is 1.64 bits per heavy atom. The molecule has 3 nitrogen and oxygen atoms in total. The number of aliphatic carboxylic acids is 1. The smallest absolute Gasteiger partial charge is 0.303 e. The molecule has 62 valence electrons. The van der Waals surface area contributed by atoms with Crippen molar-refractivity contribution in [2.45, 2.75) is 32.1 Å². The van der Waals surface area contributed by atoms with E-state index < -0.39 is 5.97 Å². The van der Waals surface area contributed by atoms with E-state index in [0.29, 0.717) is 18.6 Å². The molecule has 3 heteroatoms. The van der Waals surface area contributed by atoms with E-state index in [1.807, 2.05) is 0 Å². The number of carboxylic acid groups (broad SMARTS) is 1. The second-order valence-corrected chi connectivity index (χ2v) is 2.99. The van der Waals surface area contributed by atoms with Gasteiger partial charge in [-0.05, 0) is 19.3 Å². The SMILES string of the molecule is O=C(O)CCCC1CCC1=O. The minimum absolute atomic E-state index is 0.189. The second kappa shape index (κ2) is 3.51. The molecule has 0 aromatic carbocycles. The molecule has 1 aliphatic rings. The average molecular weight is 156 g/mol. The maximum absolute atomic E-state index is 10.8. The van der Waals surface area contributed by atoms with Crippen molar-refractivity contribution in [2.24, 2.45) is 5.92 Å². The van der Waals surface area contributed by atoms with Crippen LogP contribution in [0, 0.1) is 5.92 Å². The molecule has 1 saturated carbocycles. The van der Waals surface area contributed by atoms with Crippen LogP contribution in [0.15, 0.2) is 0 Å². The topological polar surface area (TPSA) is 54.4 Å². The quantitative estimate of drug-likeness (QED) is 0.665. The number of carbonyl (C=O) groups is 2. The van der Waals surface area contributed by atoms with Gasteiger partial charge in [0.05, 0.1) is 0 Å². The van der Waals surface area contributed by atoms with E-state index >= 15 is 0 Å². The van der Waals surface area contributed by atoms with Crippen molar-refractivity contribution in [1.82, 2.24) is 0 Å². The van der Waals surface area contributed by atoms with Gasteiger partial charge in [0.15, 0.2) is 0 Å². The third kappa shape index (κ3) is 2.33. The minimum atomic E-state index is -0.767. The van der Waals surface area contributed by atoms with Crippen molar-refractivity contribution in [3.05, 3.63) is 0 Å². The first-order valence-electron chi connectivity index (χ1n) is 3.94. The Kier molecular flexibility index (Phi) is 2.63. The van der Waals surface area contributed by atoms with Gasteiger partial charge in [-0.25, -0.2) is 0 Å². The number of hydrogen-bond acceptors (Lipinski definition) is 2. The molecule has 1 fully saturated rings. The van der Waals surface area contributed by atoms with Gasteiger partial charge >= 0.3 is 5.97 Å². The molecular weight excluding hydrogens is 144 g/mol. The van der Waals surface area contributed by atoms with Crippen LogP contribution in [0.3, 0.4) is 0 Å². The van der Waals surface area contributed by atoms with Crippen molar-refractivity contribution < 1.29 is 14.7 Å². The van der Waals surface area contributed by atoms with Gasteiger partial charge in [0, 0.05) is 18.8 Å². The van der Waals surface area contributed by atoms with Gasteiger partial charge in [-0.2, -0.15) is 0 Å². The van der Waals surface area contributed by atoms with Crippen LogP contribution >= 0.6 is 0 Å². The summed E-state index contributed by atoms with van der Waals surface area (Å²) in [5.74, 6) is -0.262. The highest BCUT2D eigenvalue weighted by Crippen LogP contribution is 2.27. The van der Waals surface area contributed by atoms with Crippen molar-refractivity contribution in [2.75, 3.05) is 0 Å². The Hall–Kier alpha value is -0.860. The Morgan fingerprint density at radius 2 is 2.36 bits per heavy atom. The lowest BCUT2D eigenvalue weighted by molar-refractivity contribution is -0.137. The highest BCUT2D eigenvalue weighted by atomic mass is 16.4. The number of ketones is 1. The lowest BCUT2D eigenvalue weighted by atomic mass is 9.80. The average Bonchev–Trinajstić information content (AvgIpc) is 1.94. The standard InChI is InChI=1S/C8H12O3/c9-7-5-4-6(7)2-1-3-8(10)11/h6H,1-5H2,(H,10,11). The van der Waals surface area contributed by atoms with Crippen LogP contribution in [0.4, 0.5) is 0 Å². The number of Topliss-reactive ketones (excluding diaryl/α,β-unsaturated/α-hetero) is 1. The highest BCUT2D eigenvalue weighted by molar-refractivity contribution is 5.86. The van der Waals surface area contributed by atoms with Crippen LogP contribution in [0.2, 0.25) is 0 Å². The summed E-state index contributed by atoms with van der Waals surface area (Å²) < 4.78 is 0. The van der Waals surface area contributed by atoms with Crippen molar-refractivity contribution in [3.63, 3.8) is 0 Å². The first kappa shape index (κ1) is 8.24. The van der Waals surface area contributed by atoms with Crippen LogP contribution in [-0.4, -0.2) is 16.9 Å². The largest absolute Gasteiger partial charge is 0.481 e. The lowest BCUT2D eigenvalue weighted by Crippen LogP contribution is -2.25. The van der Waals surface area contributed by atoms with E-state index in [2.05, 4.69) is 0 Å². The molecule has 0 aromatic heterocycles. The third-order valence-corrected chi connectivity index (χ3v) is 2.14.